The van der Waals surface area contributed by atoms with Crippen molar-refractivity contribution in [3.05, 3.63) is 0 Å². The Hall–Kier alpha value is -0.120. The molecule has 2 unspecified atom stereocenters. The van der Waals surface area contributed by atoms with Crippen LogP contribution in [0.4, 0.5) is 0 Å². The summed E-state index contributed by atoms with van der Waals surface area (Å²) >= 11 is 0. The van der Waals surface area contributed by atoms with Crippen molar-refractivity contribution in [2.45, 2.75) is 57.7 Å². The molecule has 0 spiro atoms. The van der Waals surface area contributed by atoms with E-state index in [-0.39, 0.29) is 0 Å². The molecule has 0 amide bonds. The quantitative estimate of drug-likeness (QED) is 0.638. The first kappa shape index (κ1) is 12.9. The maximum atomic E-state index is 8.73. The summed E-state index contributed by atoms with van der Waals surface area (Å²) in [7, 11) is 2.22. The smallest absolute Gasteiger partial charge is 0.0431 e. The van der Waals surface area contributed by atoms with Gasteiger partial charge in [0.1, 0.15) is 0 Å². The molecule has 0 aliphatic heterocycles. The van der Waals surface area contributed by atoms with Gasteiger partial charge in [-0.15, -0.1) is 0 Å². The average Bonchev–Trinajstić information content (AvgIpc) is 3.05. The minimum atomic E-state index is 0.309. The van der Waals surface area contributed by atoms with Gasteiger partial charge >= 0.3 is 0 Å². The molecule has 0 aromatic rings. The van der Waals surface area contributed by atoms with Gasteiger partial charge in [0.15, 0.2) is 0 Å². The lowest BCUT2D eigenvalue weighted by atomic mass is 10.2. The lowest BCUT2D eigenvalue weighted by Crippen LogP contribution is -2.41. The molecule has 0 aromatic heterocycles. The summed E-state index contributed by atoms with van der Waals surface area (Å²) in [6.45, 7) is 5.84. The molecular weight excluding hydrogens is 188 g/mol. The van der Waals surface area contributed by atoms with Gasteiger partial charge in [0.2, 0.25) is 0 Å². The van der Waals surface area contributed by atoms with E-state index in [0.717, 1.165) is 25.4 Å². The molecule has 0 saturated heterocycles. The van der Waals surface area contributed by atoms with Crippen LogP contribution in [0.3, 0.4) is 0 Å². The highest BCUT2D eigenvalue weighted by atomic mass is 16.2. The fourth-order valence-electron chi connectivity index (χ4n) is 1.86. The highest BCUT2D eigenvalue weighted by Gasteiger charge is 2.28. The molecule has 2 N–H and O–H groups in total. The van der Waals surface area contributed by atoms with Gasteiger partial charge in [0, 0.05) is 31.3 Å². The number of likely N-dealkylation sites (N-methyl/N-ethyl adjacent to an activating group) is 1. The van der Waals surface area contributed by atoms with E-state index in [1.807, 2.05) is 0 Å². The zero-order valence-corrected chi connectivity index (χ0v) is 10.4. The Morgan fingerprint density at radius 3 is 2.60 bits per heavy atom. The Morgan fingerprint density at radius 1 is 1.40 bits per heavy atom. The van der Waals surface area contributed by atoms with Crippen molar-refractivity contribution in [1.82, 2.24) is 10.2 Å². The van der Waals surface area contributed by atoms with Crippen molar-refractivity contribution in [3.8, 4) is 0 Å². The Bertz CT molecular complexity index is 171. The molecule has 90 valence electrons. The Labute approximate surface area is 93.9 Å². The van der Waals surface area contributed by atoms with E-state index < -0.39 is 0 Å². The minimum Gasteiger partial charge on any atom is -0.396 e. The zero-order valence-electron chi connectivity index (χ0n) is 10.4. The van der Waals surface area contributed by atoms with Gasteiger partial charge in [0.05, 0.1) is 0 Å². The van der Waals surface area contributed by atoms with Gasteiger partial charge in [0.25, 0.3) is 0 Å². The molecule has 0 heterocycles. The van der Waals surface area contributed by atoms with Gasteiger partial charge in [-0.2, -0.15) is 0 Å². The normalized spacial score (nSPS) is 20.6. The monoisotopic (exact) mass is 214 g/mol. The highest BCUT2D eigenvalue weighted by Crippen LogP contribution is 2.26. The third-order valence-electron chi connectivity index (χ3n) is 3.38. The Morgan fingerprint density at radius 2 is 2.07 bits per heavy atom. The number of hydrogen-bond donors (Lipinski definition) is 2. The van der Waals surface area contributed by atoms with Crippen LogP contribution < -0.4 is 5.32 Å². The third-order valence-corrected chi connectivity index (χ3v) is 3.38. The van der Waals surface area contributed by atoms with Crippen LogP contribution in [0, 0.1) is 0 Å². The van der Waals surface area contributed by atoms with Crippen LogP contribution in [-0.2, 0) is 0 Å². The topological polar surface area (TPSA) is 35.5 Å². The maximum absolute atomic E-state index is 8.73. The van der Waals surface area contributed by atoms with Crippen molar-refractivity contribution in [2.24, 2.45) is 0 Å². The first-order valence-electron chi connectivity index (χ1n) is 6.21. The SMILES string of the molecule is CC(CCCO)NCC(C)N(C)C1CC1. The van der Waals surface area contributed by atoms with Crippen molar-refractivity contribution in [2.75, 3.05) is 20.2 Å². The summed E-state index contributed by atoms with van der Waals surface area (Å²) in [5.74, 6) is 0. The Balaban J connectivity index is 2.06. The molecule has 3 heteroatoms. The van der Waals surface area contributed by atoms with Gasteiger partial charge < -0.3 is 10.4 Å². The summed E-state index contributed by atoms with van der Waals surface area (Å²) < 4.78 is 0. The average molecular weight is 214 g/mol. The first-order chi connectivity index (χ1) is 7.15. The summed E-state index contributed by atoms with van der Waals surface area (Å²) in [5, 5.41) is 12.3. The minimum absolute atomic E-state index is 0.309. The van der Waals surface area contributed by atoms with E-state index in [9.17, 15) is 0 Å². The van der Waals surface area contributed by atoms with Crippen molar-refractivity contribution < 1.29 is 5.11 Å². The number of aliphatic hydroxyl groups excluding tert-OH is 1. The summed E-state index contributed by atoms with van der Waals surface area (Å²) in [4.78, 5) is 2.48. The Kier molecular flexibility index (Phi) is 5.58. The van der Waals surface area contributed by atoms with E-state index in [1.54, 1.807) is 0 Å². The van der Waals surface area contributed by atoms with E-state index in [4.69, 9.17) is 5.11 Å². The van der Waals surface area contributed by atoms with Crippen molar-refractivity contribution >= 4 is 0 Å². The molecule has 1 fully saturated rings. The fraction of sp³-hybridized carbons (Fsp3) is 1.00. The maximum Gasteiger partial charge on any atom is 0.0431 e. The van der Waals surface area contributed by atoms with Crippen LogP contribution >= 0.6 is 0 Å². The lowest BCUT2D eigenvalue weighted by molar-refractivity contribution is 0.232. The number of aliphatic hydroxyl groups is 1. The van der Waals surface area contributed by atoms with Crippen LogP contribution in [0.25, 0.3) is 0 Å². The van der Waals surface area contributed by atoms with Crippen LogP contribution in [-0.4, -0.2) is 48.3 Å². The third kappa shape index (κ3) is 4.96. The van der Waals surface area contributed by atoms with Crippen LogP contribution in [0.15, 0.2) is 0 Å². The van der Waals surface area contributed by atoms with Crippen LogP contribution in [0.2, 0.25) is 0 Å². The number of nitrogens with one attached hydrogen (secondary N) is 1. The second kappa shape index (κ2) is 6.46. The van der Waals surface area contributed by atoms with E-state index in [2.05, 4.69) is 31.1 Å². The van der Waals surface area contributed by atoms with Crippen LogP contribution in [0.1, 0.15) is 39.5 Å². The standard InChI is InChI=1S/C12H26N2O/c1-10(5-4-8-15)13-9-11(2)14(3)12-6-7-12/h10-13,15H,4-9H2,1-3H3. The molecule has 3 nitrogen and oxygen atoms in total. The van der Waals surface area contributed by atoms with Crippen molar-refractivity contribution in [1.29, 1.82) is 0 Å². The van der Waals surface area contributed by atoms with Gasteiger partial charge in [-0.3, -0.25) is 4.90 Å². The number of rotatable bonds is 8. The largest absolute Gasteiger partial charge is 0.396 e. The fourth-order valence-corrected chi connectivity index (χ4v) is 1.86. The van der Waals surface area contributed by atoms with Crippen molar-refractivity contribution in [3.63, 3.8) is 0 Å². The molecule has 0 radical (unpaired) electrons. The molecule has 1 rings (SSSR count). The second-order valence-corrected chi connectivity index (χ2v) is 4.92. The van der Waals surface area contributed by atoms with E-state index in [1.165, 1.54) is 12.8 Å². The number of hydrogen-bond acceptors (Lipinski definition) is 3. The zero-order chi connectivity index (χ0) is 11.3. The number of nitrogens with zero attached hydrogens (tertiary/aromatic N) is 1. The highest BCUT2D eigenvalue weighted by molar-refractivity contribution is 4.86. The van der Waals surface area contributed by atoms with E-state index >= 15 is 0 Å². The molecule has 1 aliphatic carbocycles. The predicted octanol–water partition coefficient (Wildman–Crippen LogP) is 1.22. The molecular formula is C12H26N2O. The predicted molar refractivity (Wildman–Crippen MR) is 64.0 cm³/mol. The lowest BCUT2D eigenvalue weighted by Gasteiger charge is -2.26. The summed E-state index contributed by atoms with van der Waals surface area (Å²) in [6, 6.07) is 1.98. The van der Waals surface area contributed by atoms with Gasteiger partial charge in [-0.25, -0.2) is 0 Å². The molecule has 0 bridgehead atoms. The first-order valence-corrected chi connectivity index (χ1v) is 6.21. The molecule has 2 atom stereocenters. The molecule has 15 heavy (non-hydrogen) atoms. The summed E-state index contributed by atoms with van der Waals surface area (Å²) in [5.41, 5.74) is 0. The van der Waals surface area contributed by atoms with Crippen LogP contribution in [0.5, 0.6) is 0 Å². The van der Waals surface area contributed by atoms with Gasteiger partial charge in [-0.05, 0) is 46.6 Å². The second-order valence-electron chi connectivity index (χ2n) is 4.92. The van der Waals surface area contributed by atoms with E-state index in [0.29, 0.717) is 18.7 Å². The molecule has 1 aliphatic rings. The van der Waals surface area contributed by atoms with Gasteiger partial charge in [-0.1, -0.05) is 0 Å². The molecule has 0 aromatic carbocycles. The summed E-state index contributed by atoms with van der Waals surface area (Å²) in [6.07, 6.45) is 4.72. The molecule has 1 saturated carbocycles.